The normalized spacial score (nSPS) is 29.6. The molecule has 37 heavy (non-hydrogen) atoms. The molecule has 0 spiro atoms. The summed E-state index contributed by atoms with van der Waals surface area (Å²) in [6.45, 7) is 20.8. The highest BCUT2D eigenvalue weighted by Gasteiger charge is 2.48. The summed E-state index contributed by atoms with van der Waals surface area (Å²) in [5.41, 5.74) is 3.73. The summed E-state index contributed by atoms with van der Waals surface area (Å²) in [6, 6.07) is 0. The van der Waals surface area contributed by atoms with Gasteiger partial charge in [-0.25, -0.2) is 0 Å². The number of fused-ring (bicyclic) bond motifs is 1. The Kier molecular flexibility index (Phi) is 19.6. The Bertz CT molecular complexity index is 723. The van der Waals surface area contributed by atoms with Gasteiger partial charge in [-0.1, -0.05) is 72.3 Å². The molecule has 5 atom stereocenters. The SMILES string of the molecule is C#C.C#C.C=C1/C(=C\C=C2/CCCC3(C)C2CC[C@@H]3CCC[C@@H](C)C(C)(C)O)CCCC1O.CC.CC. The van der Waals surface area contributed by atoms with Crippen LogP contribution in [0.25, 0.3) is 0 Å². The van der Waals surface area contributed by atoms with Crippen molar-refractivity contribution in [2.24, 2.45) is 23.2 Å². The molecule has 0 aromatic rings. The number of hydrogen-bond donors (Lipinski definition) is 2. The molecule has 0 saturated heterocycles. The molecule has 3 unspecified atom stereocenters. The van der Waals surface area contributed by atoms with Crippen molar-refractivity contribution < 1.29 is 10.2 Å². The lowest BCUT2D eigenvalue weighted by atomic mass is 9.62. The maximum absolute atomic E-state index is 10.2. The van der Waals surface area contributed by atoms with E-state index in [2.05, 4.69) is 58.3 Å². The molecule has 0 heterocycles. The van der Waals surface area contributed by atoms with Crippen molar-refractivity contribution in [3.8, 4) is 25.7 Å². The molecule has 212 valence electrons. The zero-order chi connectivity index (χ0) is 29.2. The molecule has 3 fully saturated rings. The van der Waals surface area contributed by atoms with E-state index in [0.29, 0.717) is 11.3 Å². The molecule has 2 heteroatoms. The monoisotopic (exact) mass is 512 g/mol. The molecule has 2 N–H and O–H groups in total. The number of aliphatic hydroxyl groups excluding tert-OH is 1. The number of terminal acetylenes is 2. The molecule has 3 aliphatic carbocycles. The van der Waals surface area contributed by atoms with Crippen LogP contribution in [0, 0.1) is 48.9 Å². The third-order valence-corrected chi connectivity index (χ3v) is 8.79. The zero-order valence-electron chi connectivity index (χ0n) is 25.7. The first-order valence-corrected chi connectivity index (χ1v) is 14.8. The van der Waals surface area contributed by atoms with Gasteiger partial charge in [0.05, 0.1) is 11.7 Å². The molecule has 0 aromatic heterocycles. The van der Waals surface area contributed by atoms with Gasteiger partial charge in [0.25, 0.3) is 0 Å². The van der Waals surface area contributed by atoms with Gasteiger partial charge in [-0.3, -0.25) is 0 Å². The van der Waals surface area contributed by atoms with Crippen LogP contribution in [0.15, 0.2) is 35.5 Å². The highest BCUT2D eigenvalue weighted by Crippen LogP contribution is 2.58. The van der Waals surface area contributed by atoms with Crippen LogP contribution in [0.2, 0.25) is 0 Å². The molecule has 0 bridgehead atoms. The average molecular weight is 513 g/mol. The van der Waals surface area contributed by atoms with E-state index in [0.717, 1.165) is 43.1 Å². The fourth-order valence-electron chi connectivity index (χ4n) is 6.28. The molecule has 2 nitrogen and oxygen atoms in total. The van der Waals surface area contributed by atoms with Crippen LogP contribution in [-0.4, -0.2) is 21.9 Å². The summed E-state index contributed by atoms with van der Waals surface area (Å²) in [6.07, 6.45) is 33.6. The third kappa shape index (κ3) is 10.9. The highest BCUT2D eigenvalue weighted by atomic mass is 16.3. The first-order valence-electron chi connectivity index (χ1n) is 14.8. The van der Waals surface area contributed by atoms with Gasteiger partial charge in [0.1, 0.15) is 0 Å². The van der Waals surface area contributed by atoms with E-state index < -0.39 is 5.60 Å². The fourth-order valence-corrected chi connectivity index (χ4v) is 6.28. The molecule has 0 amide bonds. The van der Waals surface area contributed by atoms with Gasteiger partial charge in [-0.2, -0.15) is 0 Å². The molecule has 0 aromatic carbocycles. The van der Waals surface area contributed by atoms with Gasteiger partial charge in [-0.05, 0) is 112 Å². The fraction of sp³-hybridized carbons (Fsp3) is 0.714. The predicted molar refractivity (Wildman–Crippen MR) is 165 cm³/mol. The number of hydrogen-bond acceptors (Lipinski definition) is 2. The minimum absolute atomic E-state index is 0.341. The number of allylic oxidation sites excluding steroid dienone is 3. The lowest BCUT2D eigenvalue weighted by molar-refractivity contribution is 0.0188. The van der Waals surface area contributed by atoms with Crippen LogP contribution in [-0.2, 0) is 0 Å². The Morgan fingerprint density at radius 1 is 1.00 bits per heavy atom. The summed E-state index contributed by atoms with van der Waals surface area (Å²) < 4.78 is 0. The summed E-state index contributed by atoms with van der Waals surface area (Å²) in [4.78, 5) is 0. The summed E-state index contributed by atoms with van der Waals surface area (Å²) >= 11 is 0. The minimum atomic E-state index is -0.562. The van der Waals surface area contributed by atoms with Gasteiger partial charge < -0.3 is 10.2 Å². The maximum atomic E-state index is 10.2. The van der Waals surface area contributed by atoms with Crippen molar-refractivity contribution in [1.82, 2.24) is 0 Å². The molecule has 0 aliphatic heterocycles. The topological polar surface area (TPSA) is 40.5 Å². The minimum Gasteiger partial charge on any atom is -0.390 e. The van der Waals surface area contributed by atoms with Crippen molar-refractivity contribution in [2.75, 3.05) is 0 Å². The van der Waals surface area contributed by atoms with Gasteiger partial charge in [0, 0.05) is 0 Å². The van der Waals surface area contributed by atoms with E-state index in [1.54, 1.807) is 5.57 Å². The average Bonchev–Trinajstić information content (AvgIpc) is 3.25. The second-order valence-corrected chi connectivity index (χ2v) is 11.0. The lowest BCUT2D eigenvalue weighted by Gasteiger charge is -2.42. The lowest BCUT2D eigenvalue weighted by Crippen LogP contribution is -2.33. The van der Waals surface area contributed by atoms with E-state index in [-0.39, 0.29) is 6.10 Å². The van der Waals surface area contributed by atoms with Gasteiger partial charge >= 0.3 is 0 Å². The Morgan fingerprint density at radius 2 is 1.59 bits per heavy atom. The van der Waals surface area contributed by atoms with Crippen molar-refractivity contribution in [3.05, 3.63) is 35.5 Å². The number of rotatable bonds is 6. The van der Waals surface area contributed by atoms with Crippen LogP contribution < -0.4 is 0 Å². The van der Waals surface area contributed by atoms with Crippen LogP contribution in [0.5, 0.6) is 0 Å². The Balaban J connectivity index is 0. The Hall–Kier alpha value is -1.74. The quantitative estimate of drug-likeness (QED) is 0.348. The zero-order valence-corrected chi connectivity index (χ0v) is 25.7. The highest BCUT2D eigenvalue weighted by molar-refractivity contribution is 5.37. The first-order chi connectivity index (χ1) is 17.6. The van der Waals surface area contributed by atoms with Gasteiger partial charge in [-0.15, -0.1) is 25.7 Å². The molecular weight excluding hydrogens is 452 g/mol. The summed E-state index contributed by atoms with van der Waals surface area (Å²) in [5, 5.41) is 20.3. The smallest absolute Gasteiger partial charge is 0.0787 e. The van der Waals surface area contributed by atoms with Crippen LogP contribution in [0.1, 0.15) is 126 Å². The second kappa shape index (κ2) is 19.3. The summed E-state index contributed by atoms with van der Waals surface area (Å²) in [7, 11) is 0. The largest absolute Gasteiger partial charge is 0.390 e. The van der Waals surface area contributed by atoms with E-state index >= 15 is 0 Å². The van der Waals surface area contributed by atoms with Crippen molar-refractivity contribution >= 4 is 0 Å². The molecule has 3 saturated carbocycles. The Labute approximate surface area is 232 Å². The maximum Gasteiger partial charge on any atom is 0.0787 e. The van der Waals surface area contributed by atoms with Crippen LogP contribution >= 0.6 is 0 Å². The first kappa shape index (κ1) is 37.4. The van der Waals surface area contributed by atoms with Crippen molar-refractivity contribution in [3.63, 3.8) is 0 Å². The predicted octanol–water partition coefficient (Wildman–Crippen LogP) is 9.29. The van der Waals surface area contributed by atoms with Crippen LogP contribution in [0.4, 0.5) is 0 Å². The molecule has 0 radical (unpaired) electrons. The van der Waals surface area contributed by atoms with E-state index in [9.17, 15) is 10.2 Å². The van der Waals surface area contributed by atoms with E-state index in [1.807, 2.05) is 41.5 Å². The van der Waals surface area contributed by atoms with Gasteiger partial charge in [0.15, 0.2) is 0 Å². The van der Waals surface area contributed by atoms with Gasteiger partial charge in [0.2, 0.25) is 0 Å². The standard InChI is InChI=1S/C27H44O2.2C2H6.2C2H2/c1-19(26(3,4)29)9-6-12-23-16-17-24-22(11-8-18-27(23,24)5)15-14-21-10-7-13-25(28)20(21)2;4*1-2/h14-15,19,23-25,28-29H,2,6-13,16-18H2,1,3-5H3;2*1-2H3;2*1-2H/b21-14-,22-15+;;;;/t19-,23+,24?,25?,27?;;;;/m1..../s1. The molecule has 3 aliphatic rings. The molecule has 3 rings (SSSR count). The van der Waals surface area contributed by atoms with Crippen molar-refractivity contribution in [2.45, 2.75) is 138 Å². The third-order valence-electron chi connectivity index (χ3n) is 8.79. The van der Waals surface area contributed by atoms with Crippen molar-refractivity contribution in [1.29, 1.82) is 0 Å². The number of aliphatic hydroxyl groups is 2. The van der Waals surface area contributed by atoms with E-state index in [1.165, 1.54) is 50.5 Å². The second-order valence-electron chi connectivity index (χ2n) is 11.0. The summed E-state index contributed by atoms with van der Waals surface area (Å²) in [5.74, 6) is 1.91. The van der Waals surface area contributed by atoms with Crippen LogP contribution in [0.3, 0.4) is 0 Å². The Morgan fingerprint density at radius 3 is 2.16 bits per heavy atom. The van der Waals surface area contributed by atoms with E-state index in [4.69, 9.17) is 0 Å². The molecular formula is C35H60O2.